The van der Waals surface area contributed by atoms with Gasteiger partial charge >= 0.3 is 7.82 Å². The number of phosphoric acid groups is 1. The van der Waals surface area contributed by atoms with E-state index in [-0.39, 0.29) is 118 Å². The van der Waals surface area contributed by atoms with E-state index in [2.05, 4.69) is 31.9 Å². The molecule has 0 aliphatic carbocycles. The number of hydrogen-bond donors (Lipinski definition) is 16. The van der Waals surface area contributed by atoms with Crippen molar-refractivity contribution in [2.45, 2.75) is 165 Å². The number of nitrogens with one attached hydrogen (secondary N) is 6. The number of aliphatic hydroxyl groups is 9. The first-order chi connectivity index (χ1) is 43.5. The van der Waals surface area contributed by atoms with Crippen LogP contribution < -0.4 is 31.9 Å². The van der Waals surface area contributed by atoms with Gasteiger partial charge in [0.25, 0.3) is 0 Å². The molecule has 16 unspecified atom stereocenters. The summed E-state index contributed by atoms with van der Waals surface area (Å²) in [4.78, 5) is 102. The third-order valence-electron chi connectivity index (χ3n) is 13.8. The Morgan fingerprint density at radius 2 is 0.837 bits per heavy atom. The molecule has 0 aromatic rings. The second-order valence-electron chi connectivity index (χ2n) is 22.6. The van der Waals surface area contributed by atoms with Crippen LogP contribution in [0.1, 0.15) is 67.2 Å². The van der Waals surface area contributed by atoms with Crippen molar-refractivity contribution in [1.29, 1.82) is 0 Å². The van der Waals surface area contributed by atoms with Crippen molar-refractivity contribution in [1.82, 2.24) is 41.7 Å². The summed E-state index contributed by atoms with van der Waals surface area (Å²) in [6, 6.07) is -3.53. The number of carbonyl (C=O) groups is 7. The molecule has 3 rings (SSSR count). The van der Waals surface area contributed by atoms with Crippen LogP contribution in [0.25, 0.3) is 0 Å². The van der Waals surface area contributed by atoms with Crippen molar-refractivity contribution in [3.8, 4) is 0 Å². The highest BCUT2D eigenvalue weighted by atomic mass is 31.2. The van der Waals surface area contributed by atoms with Crippen molar-refractivity contribution < 1.29 is 141 Å². The largest absolute Gasteiger partial charge is 0.472 e. The minimum absolute atomic E-state index is 0.0442. The number of aliphatic hydroxyl groups excluding tert-OH is 9. The summed E-state index contributed by atoms with van der Waals surface area (Å²) in [5, 5.41) is 107. The summed E-state index contributed by atoms with van der Waals surface area (Å²) in [5.74, 6) is -3.91. The van der Waals surface area contributed by atoms with Crippen LogP contribution >= 0.6 is 7.82 Å². The van der Waals surface area contributed by atoms with E-state index in [0.29, 0.717) is 6.42 Å². The number of ether oxygens (including phenoxy) is 9. The third kappa shape index (κ3) is 31.0. The maximum atomic E-state index is 13.9. The van der Waals surface area contributed by atoms with Crippen LogP contribution in [0.2, 0.25) is 0 Å². The SMILES string of the molecule is CC(=O)NC1C(OCCOCCNC(=O)CN(CCN(CC(=O)NCCOCCOC2OC(CO)C(O)C(O)C2NC(C)=O)C(=O)CCCCCOP(=O)(O)OC(C)(C)C)CC(=O)NCCOCCOC2OC(CO)C(O)C(O)C2NC(C)=O)OC(CO)C(O)C1O. The minimum Gasteiger partial charge on any atom is -0.394 e. The fourth-order valence-corrected chi connectivity index (χ4v) is 10.5. The van der Waals surface area contributed by atoms with E-state index < -0.39 is 186 Å². The maximum absolute atomic E-state index is 13.9. The minimum atomic E-state index is -4.37. The van der Waals surface area contributed by atoms with Gasteiger partial charge in [-0.2, -0.15) is 0 Å². The van der Waals surface area contributed by atoms with Crippen molar-refractivity contribution >= 4 is 49.2 Å². The highest BCUT2D eigenvalue weighted by Crippen LogP contribution is 2.47. The number of unbranched alkanes of at least 4 members (excludes halogenated alkanes) is 2. The Hall–Kier alpha value is -4.36. The Kier molecular flexibility index (Phi) is 38.2. The van der Waals surface area contributed by atoms with Crippen LogP contribution in [0.15, 0.2) is 0 Å². The van der Waals surface area contributed by atoms with Crippen molar-refractivity contribution in [3.63, 3.8) is 0 Å². The highest BCUT2D eigenvalue weighted by molar-refractivity contribution is 7.47. The van der Waals surface area contributed by atoms with Crippen LogP contribution in [0.3, 0.4) is 0 Å². The van der Waals surface area contributed by atoms with Gasteiger partial charge in [-0.05, 0) is 33.6 Å². The van der Waals surface area contributed by atoms with Crippen LogP contribution in [-0.4, -0.2) is 338 Å². The summed E-state index contributed by atoms with van der Waals surface area (Å²) >= 11 is 0. The van der Waals surface area contributed by atoms with Gasteiger partial charge in [-0.15, -0.1) is 0 Å². The predicted octanol–water partition coefficient (Wildman–Crippen LogP) is -8.11. The number of amides is 7. The van der Waals surface area contributed by atoms with E-state index in [1.165, 1.54) is 30.6 Å². The lowest BCUT2D eigenvalue weighted by molar-refractivity contribution is -0.272. The fourth-order valence-electron chi connectivity index (χ4n) is 9.38. The third-order valence-corrected chi connectivity index (χ3v) is 15.1. The Bertz CT molecular complexity index is 2190. The monoisotopic (exact) mass is 1350 g/mol. The molecule has 0 aromatic carbocycles. The van der Waals surface area contributed by atoms with Crippen molar-refractivity contribution in [2.75, 3.05) is 138 Å². The molecule has 3 fully saturated rings. The lowest BCUT2D eigenvalue weighted by Crippen LogP contribution is -2.64. The molecule has 0 saturated carbocycles. The first kappa shape index (κ1) is 81.9. The molecule has 3 aliphatic rings. The van der Waals surface area contributed by atoms with E-state index in [1.54, 1.807) is 20.8 Å². The summed E-state index contributed by atoms with van der Waals surface area (Å²) in [6.45, 7) is 3.63. The summed E-state index contributed by atoms with van der Waals surface area (Å²) < 4.78 is 72.8. The van der Waals surface area contributed by atoms with Crippen LogP contribution in [0, 0.1) is 0 Å². The maximum Gasteiger partial charge on any atom is 0.472 e. The van der Waals surface area contributed by atoms with E-state index >= 15 is 0 Å². The average Bonchev–Trinajstić information content (AvgIpc) is 0.845. The van der Waals surface area contributed by atoms with Gasteiger partial charge in [-0.1, -0.05) is 6.42 Å². The van der Waals surface area contributed by atoms with Crippen LogP contribution in [0.4, 0.5) is 0 Å². The zero-order valence-corrected chi connectivity index (χ0v) is 53.8. The van der Waals surface area contributed by atoms with Gasteiger partial charge in [0.2, 0.25) is 41.4 Å². The molecule has 38 heteroatoms. The van der Waals surface area contributed by atoms with E-state index in [4.69, 9.17) is 51.7 Å². The van der Waals surface area contributed by atoms with Gasteiger partial charge < -0.3 is 130 Å². The van der Waals surface area contributed by atoms with E-state index in [1.807, 2.05) is 0 Å². The van der Waals surface area contributed by atoms with Gasteiger partial charge in [-0.25, -0.2) is 4.57 Å². The van der Waals surface area contributed by atoms with E-state index in [0.717, 1.165) is 0 Å². The summed E-state index contributed by atoms with van der Waals surface area (Å²) in [5.41, 5.74) is -0.963. The van der Waals surface area contributed by atoms with Crippen molar-refractivity contribution in [2.24, 2.45) is 0 Å². The highest BCUT2D eigenvalue weighted by Gasteiger charge is 2.48. The zero-order chi connectivity index (χ0) is 68.6. The number of phosphoric ester groups is 1. The molecule has 0 radical (unpaired) electrons. The van der Waals surface area contributed by atoms with Gasteiger partial charge in [0.15, 0.2) is 18.9 Å². The Morgan fingerprint density at radius 3 is 1.17 bits per heavy atom. The van der Waals surface area contributed by atoms with Gasteiger partial charge in [0.1, 0.15) is 73.1 Å². The average molecular weight is 1360 g/mol. The quantitative estimate of drug-likeness (QED) is 0.0199. The van der Waals surface area contributed by atoms with Crippen LogP contribution in [-0.2, 0) is 89.8 Å². The lowest BCUT2D eigenvalue weighted by Gasteiger charge is -2.42. The van der Waals surface area contributed by atoms with Crippen LogP contribution in [0.5, 0.6) is 0 Å². The normalized spacial score (nSPS) is 27.3. The molecular weight excluding hydrogens is 1260 g/mol. The molecule has 534 valence electrons. The molecule has 3 saturated heterocycles. The fraction of sp³-hybridized carbons (Fsp3) is 0.870. The molecule has 37 nitrogen and oxygen atoms in total. The predicted molar refractivity (Wildman–Crippen MR) is 314 cm³/mol. The first-order valence-corrected chi connectivity index (χ1v) is 31.8. The molecule has 92 heavy (non-hydrogen) atoms. The lowest BCUT2D eigenvalue weighted by atomic mass is 9.97. The molecule has 0 bridgehead atoms. The Balaban J connectivity index is 1.65. The number of nitrogens with zero attached hydrogens (tertiary/aromatic N) is 2. The van der Waals surface area contributed by atoms with Gasteiger partial charge in [0, 0.05) is 59.9 Å². The molecule has 16 atom stereocenters. The van der Waals surface area contributed by atoms with Gasteiger partial charge in [0.05, 0.1) is 111 Å². The second kappa shape index (κ2) is 42.9. The molecule has 3 heterocycles. The summed E-state index contributed by atoms with van der Waals surface area (Å²) in [7, 11) is -4.37. The second-order valence-corrected chi connectivity index (χ2v) is 24.0. The molecule has 16 N–H and O–H groups in total. The Morgan fingerprint density at radius 1 is 0.478 bits per heavy atom. The molecule has 0 aromatic heterocycles. The standard InChI is InChI=1S/C54H99N8O29P/c1-32(66)58-42-48(76)45(73)35(29-63)88-51(42)84-23-20-81-17-11-55-38(69)26-61(27-39(70)56-12-18-82-21-24-85-52-43(59-33(2)67)49(77)46(74)36(30-64)89-52)14-15-62(41(72)10-8-7-9-16-87-92(79,80)91-54(4,5)6)28-40(71)57-13-19-83-22-25-86-53-44(60-34(3)68)50(78)47(75)37(31-65)90-53/h35-37,42-53,63-65,73-78H,7-31H2,1-6H3,(H,55,69)(H,56,70)(H,57,71)(H,58,66)(H,59,67)(H,60,68)(H,79,80). The Labute approximate surface area is 533 Å². The number of hydrogen-bond acceptors (Lipinski definition) is 29. The number of carbonyl (C=O) groups excluding carboxylic acids is 7. The smallest absolute Gasteiger partial charge is 0.394 e. The summed E-state index contributed by atoms with van der Waals surface area (Å²) in [6.07, 6.45) is -15.7. The number of rotatable bonds is 44. The molecule has 0 spiro atoms. The molecular formula is C54H99N8O29P. The molecule has 3 aliphatic heterocycles. The van der Waals surface area contributed by atoms with Crippen molar-refractivity contribution in [3.05, 3.63) is 0 Å². The molecule has 7 amide bonds. The van der Waals surface area contributed by atoms with E-state index in [9.17, 15) is 89.0 Å². The van der Waals surface area contributed by atoms with Gasteiger partial charge in [-0.3, -0.25) is 47.5 Å². The topological polar surface area (TPSA) is 519 Å². The first-order valence-electron chi connectivity index (χ1n) is 30.3. The zero-order valence-electron chi connectivity index (χ0n) is 52.9.